The van der Waals surface area contributed by atoms with Crippen LogP contribution in [0.25, 0.3) is 0 Å². The van der Waals surface area contributed by atoms with Gasteiger partial charge in [0, 0.05) is 6.54 Å². The van der Waals surface area contributed by atoms with E-state index in [4.69, 9.17) is 5.11 Å². The van der Waals surface area contributed by atoms with Gasteiger partial charge in [0.15, 0.2) is 0 Å². The molecule has 0 aromatic carbocycles. The fourth-order valence-corrected chi connectivity index (χ4v) is 3.46. The number of hydroxylamine groups is 2. The lowest BCUT2D eigenvalue weighted by atomic mass is 10.0. The minimum atomic E-state index is -1.12. The highest BCUT2D eigenvalue weighted by molar-refractivity contribution is 7.11. The summed E-state index contributed by atoms with van der Waals surface area (Å²) >= 11 is 1.28. The van der Waals surface area contributed by atoms with Gasteiger partial charge in [-0.25, -0.2) is 14.7 Å². The van der Waals surface area contributed by atoms with Crippen LogP contribution in [0, 0.1) is 0 Å². The van der Waals surface area contributed by atoms with Crippen molar-refractivity contribution in [1.29, 1.82) is 0 Å². The minimum Gasteiger partial charge on any atom is -0.465 e. The summed E-state index contributed by atoms with van der Waals surface area (Å²) in [5.41, 5.74) is 0. The number of carbonyl (C=O) groups is 2. The number of nitrogens with one attached hydrogen (secondary N) is 1. The number of fused-ring (bicyclic) bond motifs is 2. The van der Waals surface area contributed by atoms with Crippen molar-refractivity contribution in [2.45, 2.75) is 31.5 Å². The van der Waals surface area contributed by atoms with Crippen LogP contribution in [0.15, 0.2) is 0 Å². The molecule has 3 heterocycles. The summed E-state index contributed by atoms with van der Waals surface area (Å²) in [7, 11) is 0. The van der Waals surface area contributed by atoms with Crippen LogP contribution in [-0.2, 0) is 6.54 Å². The van der Waals surface area contributed by atoms with Crippen LogP contribution < -0.4 is 5.32 Å². The van der Waals surface area contributed by atoms with Crippen LogP contribution in [0.3, 0.4) is 0 Å². The number of urea groups is 1. The fraction of sp³-hybridized carbons (Fsp3) is 0.600. The summed E-state index contributed by atoms with van der Waals surface area (Å²) in [5, 5.41) is 30.3. The summed E-state index contributed by atoms with van der Waals surface area (Å²) in [6.45, 7) is 0.588. The second-order valence-corrected chi connectivity index (χ2v) is 5.81. The van der Waals surface area contributed by atoms with Crippen molar-refractivity contribution in [3.63, 3.8) is 0 Å². The molecule has 0 aliphatic carbocycles. The van der Waals surface area contributed by atoms with Gasteiger partial charge in [0.2, 0.25) is 0 Å². The van der Waals surface area contributed by atoms with E-state index in [9.17, 15) is 14.8 Å². The zero-order valence-corrected chi connectivity index (χ0v) is 11.2. The monoisotopic (exact) mass is 299 g/mol. The highest BCUT2D eigenvalue weighted by Gasteiger charge is 2.45. The Bertz CT molecular complexity index is 550. The second-order valence-electron chi connectivity index (χ2n) is 4.72. The Morgan fingerprint density at radius 2 is 2.25 bits per heavy atom. The Morgan fingerprint density at radius 1 is 1.45 bits per heavy atom. The Labute approximate surface area is 117 Å². The van der Waals surface area contributed by atoms with E-state index in [1.807, 2.05) is 0 Å². The van der Waals surface area contributed by atoms with Crippen molar-refractivity contribution >= 4 is 23.5 Å². The van der Waals surface area contributed by atoms with Crippen LogP contribution in [0.5, 0.6) is 0 Å². The van der Waals surface area contributed by atoms with E-state index in [1.54, 1.807) is 4.90 Å². The molecule has 0 saturated carbocycles. The van der Waals surface area contributed by atoms with E-state index >= 15 is 0 Å². The van der Waals surface area contributed by atoms with E-state index in [2.05, 4.69) is 15.5 Å². The third kappa shape index (κ3) is 2.16. The number of hydrogen-bond acceptors (Lipinski definition) is 6. The molecule has 20 heavy (non-hydrogen) atoms. The number of piperidine rings is 1. The predicted molar refractivity (Wildman–Crippen MR) is 66.3 cm³/mol. The van der Waals surface area contributed by atoms with Gasteiger partial charge in [-0.1, -0.05) is 11.3 Å². The molecule has 1 aromatic rings. The SMILES string of the molecule is O=C(O)NCc1nnc([C@@H]2CC[C@@H]3CN2C(=O)N3O)s1. The van der Waals surface area contributed by atoms with Gasteiger partial charge in [-0.2, -0.15) is 0 Å². The largest absolute Gasteiger partial charge is 0.465 e. The lowest BCUT2D eigenvalue weighted by Crippen LogP contribution is -2.33. The molecular formula is C10H13N5O4S. The maximum atomic E-state index is 11.9. The van der Waals surface area contributed by atoms with Gasteiger partial charge < -0.3 is 15.3 Å². The molecule has 0 spiro atoms. The van der Waals surface area contributed by atoms with Crippen molar-refractivity contribution in [1.82, 2.24) is 25.5 Å². The van der Waals surface area contributed by atoms with Crippen molar-refractivity contribution in [3.8, 4) is 0 Å². The molecule has 3 rings (SSSR count). The summed E-state index contributed by atoms with van der Waals surface area (Å²) in [6, 6.07) is -0.732. The quantitative estimate of drug-likeness (QED) is 0.705. The van der Waals surface area contributed by atoms with Crippen LogP contribution in [-0.4, -0.2) is 55.2 Å². The first-order valence-electron chi connectivity index (χ1n) is 6.14. The van der Waals surface area contributed by atoms with Crippen molar-refractivity contribution in [2.24, 2.45) is 0 Å². The molecule has 2 fully saturated rings. The first kappa shape index (κ1) is 13.1. The van der Waals surface area contributed by atoms with Crippen molar-refractivity contribution < 1.29 is 19.9 Å². The average molecular weight is 299 g/mol. The third-order valence-electron chi connectivity index (χ3n) is 3.50. The van der Waals surface area contributed by atoms with Crippen LogP contribution in [0.4, 0.5) is 9.59 Å². The maximum Gasteiger partial charge on any atom is 0.405 e. The van der Waals surface area contributed by atoms with Crippen LogP contribution in [0.2, 0.25) is 0 Å². The zero-order chi connectivity index (χ0) is 14.3. The number of hydrogen-bond donors (Lipinski definition) is 3. The lowest BCUT2D eigenvalue weighted by Gasteiger charge is -2.28. The average Bonchev–Trinajstić information content (AvgIpc) is 2.98. The molecule has 2 aliphatic heterocycles. The summed E-state index contributed by atoms with van der Waals surface area (Å²) in [6.07, 6.45) is 0.313. The Hall–Kier alpha value is -1.94. The standard InChI is InChI=1S/C10H13N5O4S/c16-9(17)11-3-7-12-13-8(20-7)6-2-1-5-4-14(6)10(18)15(5)19/h5-6,11,19H,1-4H2,(H,16,17)/t5-,6+/m1/s1. The Balaban J connectivity index is 1.73. The Kier molecular flexibility index (Phi) is 3.18. The number of carboxylic acid groups (broad SMARTS) is 1. The molecule has 0 radical (unpaired) electrons. The molecule has 108 valence electrons. The topological polar surface area (TPSA) is 119 Å². The van der Waals surface area contributed by atoms with Crippen molar-refractivity contribution in [2.75, 3.05) is 6.54 Å². The summed E-state index contributed by atoms with van der Waals surface area (Å²) < 4.78 is 0. The molecule has 2 aliphatic rings. The van der Waals surface area contributed by atoms with E-state index in [-0.39, 0.29) is 18.6 Å². The smallest absolute Gasteiger partial charge is 0.405 e. The van der Waals surface area contributed by atoms with Crippen LogP contribution in [0.1, 0.15) is 28.9 Å². The predicted octanol–water partition coefficient (Wildman–Crippen LogP) is 0.636. The molecule has 3 amide bonds. The number of rotatable bonds is 3. The van der Waals surface area contributed by atoms with Gasteiger partial charge in [-0.3, -0.25) is 5.21 Å². The van der Waals surface area contributed by atoms with E-state index in [0.717, 1.165) is 5.06 Å². The molecule has 1 aromatic heterocycles. The van der Waals surface area contributed by atoms with Gasteiger partial charge in [0.25, 0.3) is 0 Å². The van der Waals surface area contributed by atoms with Gasteiger partial charge in [0.05, 0.1) is 18.6 Å². The lowest BCUT2D eigenvalue weighted by molar-refractivity contribution is -0.0584. The molecule has 2 saturated heterocycles. The first-order chi connectivity index (χ1) is 9.56. The highest BCUT2D eigenvalue weighted by atomic mass is 32.1. The normalized spacial score (nSPS) is 25.1. The molecule has 3 N–H and O–H groups in total. The number of amides is 3. The van der Waals surface area contributed by atoms with E-state index in [0.29, 0.717) is 29.4 Å². The highest BCUT2D eigenvalue weighted by Crippen LogP contribution is 2.38. The summed E-state index contributed by atoms with van der Waals surface area (Å²) in [4.78, 5) is 23.9. The van der Waals surface area contributed by atoms with Crippen molar-refractivity contribution in [3.05, 3.63) is 10.0 Å². The molecule has 2 atom stereocenters. The third-order valence-corrected chi connectivity index (χ3v) is 4.53. The molecule has 0 unspecified atom stereocenters. The molecule has 10 heteroatoms. The minimum absolute atomic E-state index is 0.0996. The first-order valence-corrected chi connectivity index (χ1v) is 6.95. The maximum absolute atomic E-state index is 11.9. The van der Waals surface area contributed by atoms with Crippen LogP contribution >= 0.6 is 11.3 Å². The van der Waals surface area contributed by atoms with Gasteiger partial charge in [0.1, 0.15) is 10.0 Å². The van der Waals surface area contributed by atoms with E-state index < -0.39 is 12.1 Å². The molecular weight excluding hydrogens is 286 g/mol. The molecule has 2 bridgehead atoms. The van der Waals surface area contributed by atoms with Gasteiger partial charge in [-0.15, -0.1) is 10.2 Å². The van der Waals surface area contributed by atoms with E-state index in [1.165, 1.54) is 11.3 Å². The second kappa shape index (κ2) is 4.87. The number of carbonyl (C=O) groups excluding carboxylic acids is 1. The summed E-state index contributed by atoms with van der Waals surface area (Å²) in [5.74, 6) is 0. The fourth-order valence-electron chi connectivity index (χ4n) is 2.53. The van der Waals surface area contributed by atoms with Gasteiger partial charge in [-0.05, 0) is 12.8 Å². The Morgan fingerprint density at radius 3 is 3.00 bits per heavy atom. The molecule has 9 nitrogen and oxygen atoms in total. The van der Waals surface area contributed by atoms with Gasteiger partial charge >= 0.3 is 12.1 Å². The number of aromatic nitrogens is 2. The number of nitrogens with zero attached hydrogens (tertiary/aromatic N) is 4. The zero-order valence-electron chi connectivity index (χ0n) is 10.4.